The van der Waals surface area contributed by atoms with Gasteiger partial charge in [-0.2, -0.15) is 4.98 Å². The third-order valence-corrected chi connectivity index (χ3v) is 6.96. The van der Waals surface area contributed by atoms with Gasteiger partial charge in [0.05, 0.1) is 18.5 Å². The van der Waals surface area contributed by atoms with Gasteiger partial charge in [-0.25, -0.2) is 4.39 Å². The molecule has 2 atom stereocenters. The fraction of sp³-hybridized carbons (Fsp3) is 0.300. The first-order valence-electron chi connectivity index (χ1n) is 12.7. The Hall–Kier alpha value is -3.84. The quantitative estimate of drug-likeness (QED) is 0.359. The molecule has 0 spiro atoms. The lowest BCUT2D eigenvalue weighted by Gasteiger charge is -2.32. The van der Waals surface area contributed by atoms with Crippen LogP contribution in [-0.2, 0) is 11.3 Å². The molecule has 37 heavy (non-hydrogen) atoms. The van der Waals surface area contributed by atoms with Crippen molar-refractivity contribution in [2.24, 2.45) is 5.92 Å². The molecule has 7 heteroatoms. The second-order valence-electron chi connectivity index (χ2n) is 9.81. The lowest BCUT2D eigenvalue weighted by Crippen LogP contribution is -2.44. The van der Waals surface area contributed by atoms with Crippen molar-refractivity contribution in [1.29, 1.82) is 0 Å². The number of nitrogens with zero attached hydrogens (tertiary/aromatic N) is 3. The summed E-state index contributed by atoms with van der Waals surface area (Å²) >= 11 is 0. The number of piperidine rings is 1. The maximum absolute atomic E-state index is 13.5. The van der Waals surface area contributed by atoms with E-state index in [1.54, 1.807) is 12.1 Å². The van der Waals surface area contributed by atoms with E-state index in [1.165, 1.54) is 17.7 Å². The van der Waals surface area contributed by atoms with Gasteiger partial charge in [-0.05, 0) is 74.2 Å². The van der Waals surface area contributed by atoms with E-state index in [0.717, 1.165) is 36.1 Å². The first-order chi connectivity index (χ1) is 18.0. The number of nitrogens with one attached hydrogen (secondary N) is 1. The number of carbonyl (C=O) groups excluding carboxylic acids is 1. The highest BCUT2D eigenvalue weighted by Gasteiger charge is 2.29. The molecule has 1 aromatic heterocycles. The van der Waals surface area contributed by atoms with E-state index in [9.17, 15) is 9.18 Å². The van der Waals surface area contributed by atoms with E-state index < -0.39 is 0 Å². The zero-order valence-corrected chi connectivity index (χ0v) is 21.2. The fourth-order valence-electron chi connectivity index (χ4n) is 5.04. The molecule has 4 aromatic rings. The highest BCUT2D eigenvalue weighted by atomic mass is 19.1. The first kappa shape index (κ1) is 24.8. The predicted molar refractivity (Wildman–Crippen MR) is 140 cm³/mol. The summed E-state index contributed by atoms with van der Waals surface area (Å²) in [4.78, 5) is 20.2. The number of benzene rings is 3. The summed E-state index contributed by atoms with van der Waals surface area (Å²) < 4.78 is 18.7. The number of halogens is 1. The lowest BCUT2D eigenvalue weighted by molar-refractivity contribution is -0.127. The van der Waals surface area contributed by atoms with Crippen molar-refractivity contribution in [3.8, 4) is 11.4 Å². The Balaban J connectivity index is 1.27. The minimum atomic E-state index is -0.308. The van der Waals surface area contributed by atoms with Crippen LogP contribution in [0.15, 0.2) is 77.3 Å². The van der Waals surface area contributed by atoms with Gasteiger partial charge < -0.3 is 9.84 Å². The van der Waals surface area contributed by atoms with Gasteiger partial charge in [-0.15, -0.1) is 0 Å². The number of rotatable bonds is 7. The Morgan fingerprint density at radius 3 is 2.65 bits per heavy atom. The highest BCUT2D eigenvalue weighted by molar-refractivity contribution is 5.80. The fourth-order valence-corrected chi connectivity index (χ4v) is 5.04. The van der Waals surface area contributed by atoms with Crippen LogP contribution in [-0.4, -0.2) is 34.0 Å². The van der Waals surface area contributed by atoms with E-state index in [4.69, 9.17) is 4.52 Å². The zero-order valence-electron chi connectivity index (χ0n) is 21.2. The van der Waals surface area contributed by atoms with E-state index in [-0.39, 0.29) is 23.7 Å². The van der Waals surface area contributed by atoms with Gasteiger partial charge in [-0.3, -0.25) is 9.69 Å². The smallest absolute Gasteiger partial charge is 0.241 e. The number of likely N-dealkylation sites (tertiary alicyclic amines) is 1. The average Bonchev–Trinajstić information content (AvgIpc) is 3.37. The molecule has 2 unspecified atom stereocenters. The summed E-state index contributed by atoms with van der Waals surface area (Å²) in [6.07, 6.45) is 1.75. The van der Waals surface area contributed by atoms with Crippen LogP contribution >= 0.6 is 0 Å². The lowest BCUT2D eigenvalue weighted by atomic mass is 9.92. The Bertz CT molecular complexity index is 1350. The molecule has 0 bridgehead atoms. The van der Waals surface area contributed by atoms with Crippen LogP contribution < -0.4 is 5.32 Å². The predicted octanol–water partition coefficient (Wildman–Crippen LogP) is 5.61. The minimum Gasteiger partial charge on any atom is -0.345 e. The summed E-state index contributed by atoms with van der Waals surface area (Å²) in [6, 6.07) is 22.3. The third kappa shape index (κ3) is 5.94. The van der Waals surface area contributed by atoms with Crippen molar-refractivity contribution in [2.75, 3.05) is 13.1 Å². The molecule has 190 valence electrons. The van der Waals surface area contributed by atoms with Crippen molar-refractivity contribution < 1.29 is 13.7 Å². The number of aromatic nitrogens is 2. The molecule has 2 heterocycles. The van der Waals surface area contributed by atoms with Gasteiger partial charge in [0.25, 0.3) is 0 Å². The molecule has 5 rings (SSSR count). The van der Waals surface area contributed by atoms with Crippen molar-refractivity contribution in [3.63, 3.8) is 0 Å². The van der Waals surface area contributed by atoms with Gasteiger partial charge in [0.15, 0.2) is 0 Å². The monoisotopic (exact) mass is 498 g/mol. The Morgan fingerprint density at radius 1 is 1.11 bits per heavy atom. The summed E-state index contributed by atoms with van der Waals surface area (Å²) in [6.45, 7) is 6.12. The second kappa shape index (κ2) is 11.0. The second-order valence-corrected chi connectivity index (χ2v) is 9.81. The van der Waals surface area contributed by atoms with Crippen LogP contribution in [0.4, 0.5) is 4.39 Å². The SMILES string of the molecule is Cc1ccc(C(NC(=O)C2CCCN(Cc3nc(-c4ccc(F)cc4)no3)C2)c2ccccc2)c(C)c1. The number of aryl methyl sites for hydroxylation is 2. The van der Waals surface area contributed by atoms with Gasteiger partial charge >= 0.3 is 0 Å². The zero-order chi connectivity index (χ0) is 25.8. The molecule has 0 aliphatic carbocycles. The summed E-state index contributed by atoms with van der Waals surface area (Å²) in [5.41, 5.74) is 5.23. The molecule has 0 saturated carbocycles. The number of amides is 1. The van der Waals surface area contributed by atoms with Crippen molar-refractivity contribution >= 4 is 5.91 Å². The number of hydrogen-bond acceptors (Lipinski definition) is 5. The molecular formula is C30H31FN4O2. The van der Waals surface area contributed by atoms with Crippen molar-refractivity contribution in [1.82, 2.24) is 20.4 Å². The maximum Gasteiger partial charge on any atom is 0.241 e. The van der Waals surface area contributed by atoms with Crippen LogP contribution in [0.25, 0.3) is 11.4 Å². The summed E-state index contributed by atoms with van der Waals surface area (Å²) in [7, 11) is 0. The van der Waals surface area contributed by atoms with Crippen LogP contribution in [0, 0.1) is 25.6 Å². The number of hydrogen-bond donors (Lipinski definition) is 1. The molecule has 1 N–H and O–H groups in total. The third-order valence-electron chi connectivity index (χ3n) is 6.96. The van der Waals surface area contributed by atoms with Gasteiger partial charge in [-0.1, -0.05) is 59.3 Å². The van der Waals surface area contributed by atoms with Crippen molar-refractivity contribution in [3.05, 3.63) is 107 Å². The molecule has 6 nitrogen and oxygen atoms in total. The number of carbonyl (C=O) groups is 1. The largest absolute Gasteiger partial charge is 0.345 e. The van der Waals surface area contributed by atoms with Crippen LogP contribution in [0.1, 0.15) is 47.0 Å². The Labute approximate surface area is 216 Å². The van der Waals surface area contributed by atoms with Crippen LogP contribution in [0.3, 0.4) is 0 Å². The summed E-state index contributed by atoms with van der Waals surface area (Å²) in [5.74, 6) is 0.525. The molecule has 3 aromatic carbocycles. The maximum atomic E-state index is 13.5. The standard InChI is InChI=1S/C30H31FN4O2/c1-20-10-15-26(21(2)17-20)28(22-7-4-3-5-8-22)33-30(36)24-9-6-16-35(18-24)19-27-32-29(34-37-27)23-11-13-25(31)14-12-23/h3-5,7-8,10-15,17,24,28H,6,9,16,18-19H2,1-2H3,(H,33,36). The Morgan fingerprint density at radius 2 is 1.89 bits per heavy atom. The molecule has 0 radical (unpaired) electrons. The molecule has 1 aliphatic rings. The van der Waals surface area contributed by atoms with E-state index in [1.807, 2.05) is 18.2 Å². The van der Waals surface area contributed by atoms with E-state index in [0.29, 0.717) is 30.4 Å². The Kier molecular flexibility index (Phi) is 7.42. The van der Waals surface area contributed by atoms with Crippen molar-refractivity contribution in [2.45, 2.75) is 39.3 Å². The van der Waals surface area contributed by atoms with Gasteiger partial charge in [0.1, 0.15) is 5.82 Å². The molecular weight excluding hydrogens is 467 g/mol. The minimum absolute atomic E-state index is 0.0519. The first-order valence-corrected chi connectivity index (χ1v) is 12.7. The van der Waals surface area contributed by atoms with Gasteiger partial charge in [0, 0.05) is 12.1 Å². The van der Waals surface area contributed by atoms with E-state index in [2.05, 4.69) is 64.5 Å². The topological polar surface area (TPSA) is 71.3 Å². The van der Waals surface area contributed by atoms with E-state index >= 15 is 0 Å². The van der Waals surface area contributed by atoms with Gasteiger partial charge in [0.2, 0.25) is 17.6 Å². The molecule has 1 aliphatic heterocycles. The van der Waals surface area contributed by atoms with Crippen LogP contribution in [0.2, 0.25) is 0 Å². The average molecular weight is 499 g/mol. The highest BCUT2D eigenvalue weighted by Crippen LogP contribution is 2.28. The normalized spacial score (nSPS) is 16.9. The molecule has 1 amide bonds. The summed E-state index contributed by atoms with van der Waals surface area (Å²) in [5, 5.41) is 7.39. The molecule has 1 fully saturated rings. The molecule has 1 saturated heterocycles. The van der Waals surface area contributed by atoms with Crippen LogP contribution in [0.5, 0.6) is 0 Å².